The highest BCUT2D eigenvalue weighted by molar-refractivity contribution is 6.25. The molecule has 1 aromatic rings. The summed E-state index contributed by atoms with van der Waals surface area (Å²) in [4.78, 5) is 41.2. The van der Waals surface area contributed by atoms with E-state index in [0.717, 1.165) is 0 Å². The van der Waals surface area contributed by atoms with Crippen LogP contribution < -0.4 is 5.73 Å². The van der Waals surface area contributed by atoms with E-state index in [0.29, 0.717) is 5.56 Å². The van der Waals surface area contributed by atoms with E-state index in [2.05, 4.69) is 0 Å². The van der Waals surface area contributed by atoms with E-state index in [4.69, 9.17) is 15.2 Å². The number of aliphatic hydroxyl groups is 2. The number of nitrogens with zero attached hydrogens (tertiary/aromatic N) is 1. The zero-order valence-electron chi connectivity index (χ0n) is 19.5. The molecule has 34 heavy (non-hydrogen) atoms. The summed E-state index contributed by atoms with van der Waals surface area (Å²) in [5, 5.41) is 33.1. The fourth-order valence-electron chi connectivity index (χ4n) is 6.14. The SMILES string of the molecule is CO[C@@H]1[C@H]2C(=C(O)[C@]3(OC)C(=O)C(C(N)=O)=C(O)[C@@H](N(C)C)[C@@H]13)C(=O)c1c(O)cccc1[C@@H]2C. The number of aromatic hydroxyl groups is 1. The van der Waals surface area contributed by atoms with Gasteiger partial charge in [-0.15, -0.1) is 0 Å². The Bertz CT molecular complexity index is 1170. The molecule has 0 saturated heterocycles. The van der Waals surface area contributed by atoms with Gasteiger partial charge in [-0.2, -0.15) is 0 Å². The molecule has 3 aliphatic carbocycles. The van der Waals surface area contributed by atoms with Crippen molar-refractivity contribution in [2.24, 2.45) is 17.6 Å². The van der Waals surface area contributed by atoms with Gasteiger partial charge in [0.05, 0.1) is 23.6 Å². The number of aliphatic hydroxyl groups excluding tert-OH is 2. The van der Waals surface area contributed by atoms with Crippen molar-refractivity contribution in [1.29, 1.82) is 0 Å². The lowest BCUT2D eigenvalue weighted by molar-refractivity contribution is -0.173. The summed E-state index contributed by atoms with van der Waals surface area (Å²) in [7, 11) is 5.83. The number of primary amides is 1. The van der Waals surface area contributed by atoms with Crippen molar-refractivity contribution in [2.45, 2.75) is 30.6 Å². The van der Waals surface area contributed by atoms with Gasteiger partial charge in [0.15, 0.2) is 11.4 Å². The second-order valence-electron chi connectivity index (χ2n) is 9.18. The van der Waals surface area contributed by atoms with E-state index in [1.165, 1.54) is 20.3 Å². The van der Waals surface area contributed by atoms with Gasteiger partial charge in [0, 0.05) is 25.7 Å². The zero-order chi connectivity index (χ0) is 25.3. The molecule has 0 radical (unpaired) electrons. The van der Waals surface area contributed by atoms with E-state index >= 15 is 0 Å². The van der Waals surface area contributed by atoms with Crippen molar-refractivity contribution in [2.75, 3.05) is 28.3 Å². The molecule has 0 aliphatic heterocycles. The molecule has 0 aromatic heterocycles. The molecule has 0 spiro atoms. The zero-order valence-corrected chi connectivity index (χ0v) is 19.5. The number of Topliss-reactive ketones (excluding diaryl/α,β-unsaturated/α-hetero) is 2. The largest absolute Gasteiger partial charge is 0.510 e. The molecule has 1 amide bonds. The summed E-state index contributed by atoms with van der Waals surface area (Å²) in [5.41, 5.74) is 2.96. The van der Waals surface area contributed by atoms with E-state index < -0.39 is 70.1 Å². The smallest absolute Gasteiger partial charge is 0.255 e. The van der Waals surface area contributed by atoms with Crippen molar-refractivity contribution in [3.8, 4) is 5.75 Å². The van der Waals surface area contributed by atoms with Gasteiger partial charge >= 0.3 is 0 Å². The average molecular weight is 472 g/mol. The number of phenolic OH excluding ortho intramolecular Hbond substituents is 1. The molecule has 0 heterocycles. The van der Waals surface area contributed by atoms with Gasteiger partial charge in [-0.05, 0) is 31.6 Å². The lowest BCUT2D eigenvalue weighted by Crippen LogP contribution is -2.69. The fraction of sp³-hybridized carbons (Fsp3) is 0.458. The number of hydrogen-bond donors (Lipinski definition) is 4. The third-order valence-corrected chi connectivity index (χ3v) is 7.53. The number of carbonyl (C=O) groups is 3. The summed E-state index contributed by atoms with van der Waals surface area (Å²) < 4.78 is 11.5. The number of carbonyl (C=O) groups excluding carboxylic acids is 3. The molecule has 1 aromatic carbocycles. The molecule has 3 aliphatic rings. The van der Waals surface area contributed by atoms with Crippen molar-refractivity contribution >= 4 is 17.5 Å². The standard InChI is InChI=1S/C24H28N2O8/c1-9-10-7-6-8-11(27)13(10)18(28)14-12(9)20(33-4)16-17(26(2)3)19(29)15(23(25)32)22(31)24(16,34-5)21(14)30/h6-9,12,16-17,20,27,29-30H,1-5H3,(H2,25,32)/t9-,12+,16-,17-,20+,24-/m0/s1. The van der Waals surface area contributed by atoms with Crippen molar-refractivity contribution in [1.82, 2.24) is 4.90 Å². The minimum atomic E-state index is -2.23. The number of hydrogen-bond acceptors (Lipinski definition) is 9. The maximum atomic E-state index is 13.7. The average Bonchev–Trinajstić information content (AvgIpc) is 2.76. The van der Waals surface area contributed by atoms with Gasteiger partial charge in [0.1, 0.15) is 22.8 Å². The van der Waals surface area contributed by atoms with Crippen LogP contribution in [0.25, 0.3) is 0 Å². The Balaban J connectivity index is 2.12. The number of phenols is 1. The maximum absolute atomic E-state index is 13.7. The van der Waals surface area contributed by atoms with E-state index in [1.54, 1.807) is 31.1 Å². The van der Waals surface area contributed by atoms with E-state index in [9.17, 15) is 29.7 Å². The van der Waals surface area contributed by atoms with Gasteiger partial charge < -0.3 is 30.5 Å². The third-order valence-electron chi connectivity index (χ3n) is 7.53. The molecule has 4 rings (SSSR count). The third kappa shape index (κ3) is 2.76. The Labute approximate surface area is 196 Å². The van der Waals surface area contributed by atoms with Gasteiger partial charge in [-0.1, -0.05) is 19.1 Å². The second kappa shape index (κ2) is 7.93. The normalized spacial score (nSPS) is 33.1. The van der Waals surface area contributed by atoms with Crippen LogP contribution in [0, 0.1) is 11.8 Å². The highest BCUT2D eigenvalue weighted by Gasteiger charge is 2.68. The van der Waals surface area contributed by atoms with Crippen molar-refractivity contribution in [3.63, 3.8) is 0 Å². The highest BCUT2D eigenvalue weighted by atomic mass is 16.5. The minimum absolute atomic E-state index is 0.0216. The number of methoxy groups -OCH3 is 2. The van der Waals surface area contributed by atoms with E-state index in [1.807, 2.05) is 6.92 Å². The summed E-state index contributed by atoms with van der Waals surface area (Å²) >= 11 is 0. The first-order valence-electron chi connectivity index (χ1n) is 10.8. The Morgan fingerprint density at radius 3 is 2.32 bits per heavy atom. The van der Waals surface area contributed by atoms with Crippen molar-refractivity contribution in [3.05, 3.63) is 52.0 Å². The first-order valence-corrected chi connectivity index (χ1v) is 10.8. The summed E-state index contributed by atoms with van der Waals surface area (Å²) in [6, 6.07) is 3.69. The molecule has 0 saturated carbocycles. The van der Waals surface area contributed by atoms with Gasteiger partial charge in [-0.25, -0.2) is 0 Å². The fourth-order valence-corrected chi connectivity index (χ4v) is 6.14. The van der Waals surface area contributed by atoms with Crippen LogP contribution in [0.3, 0.4) is 0 Å². The Morgan fingerprint density at radius 2 is 1.79 bits per heavy atom. The molecular weight excluding hydrogens is 444 g/mol. The number of ether oxygens (including phenoxy) is 2. The molecule has 10 nitrogen and oxygen atoms in total. The van der Waals surface area contributed by atoms with Crippen LogP contribution >= 0.6 is 0 Å². The lowest BCUT2D eigenvalue weighted by Gasteiger charge is -2.55. The van der Waals surface area contributed by atoms with Crippen LogP contribution in [-0.4, -0.2) is 83.8 Å². The van der Waals surface area contributed by atoms with Crippen LogP contribution in [0.2, 0.25) is 0 Å². The van der Waals surface area contributed by atoms with Gasteiger partial charge in [0.25, 0.3) is 5.91 Å². The predicted octanol–water partition coefficient (Wildman–Crippen LogP) is 0.961. The second-order valence-corrected chi connectivity index (χ2v) is 9.18. The van der Waals surface area contributed by atoms with Crippen molar-refractivity contribution < 1.29 is 39.2 Å². The van der Waals surface area contributed by atoms with Gasteiger partial charge in [0.2, 0.25) is 5.78 Å². The number of nitrogens with two attached hydrogens (primary N) is 1. The highest BCUT2D eigenvalue weighted by Crippen LogP contribution is 2.57. The molecule has 0 unspecified atom stereocenters. The first kappa shape index (κ1) is 23.9. The molecule has 10 heteroatoms. The lowest BCUT2D eigenvalue weighted by atomic mass is 9.55. The quantitative estimate of drug-likeness (QED) is 0.468. The maximum Gasteiger partial charge on any atom is 0.255 e. The minimum Gasteiger partial charge on any atom is -0.510 e. The molecule has 0 bridgehead atoms. The Kier molecular flexibility index (Phi) is 5.58. The van der Waals surface area contributed by atoms with Gasteiger partial charge in [-0.3, -0.25) is 19.3 Å². The van der Waals surface area contributed by atoms with Crippen LogP contribution in [0.15, 0.2) is 40.9 Å². The molecule has 182 valence electrons. The summed E-state index contributed by atoms with van der Waals surface area (Å²) in [6.45, 7) is 1.83. The number of benzene rings is 1. The Morgan fingerprint density at radius 1 is 1.15 bits per heavy atom. The predicted molar refractivity (Wildman–Crippen MR) is 119 cm³/mol. The van der Waals surface area contributed by atoms with E-state index in [-0.39, 0.29) is 16.9 Å². The summed E-state index contributed by atoms with van der Waals surface area (Å²) in [5.74, 6) is -6.60. The number of rotatable bonds is 4. The number of likely N-dealkylation sites (N-methyl/N-ethyl adjacent to an activating group) is 1. The van der Waals surface area contributed by atoms with Crippen LogP contribution in [-0.2, 0) is 19.1 Å². The first-order chi connectivity index (χ1) is 16.0. The Hall–Kier alpha value is -3.21. The molecule has 6 atom stereocenters. The molecule has 5 N–H and O–H groups in total. The van der Waals surface area contributed by atoms with Crippen LogP contribution in [0.1, 0.15) is 28.8 Å². The summed E-state index contributed by atoms with van der Waals surface area (Å²) in [6.07, 6.45) is -0.909. The van der Waals surface area contributed by atoms with Crippen LogP contribution in [0.5, 0.6) is 5.75 Å². The monoisotopic (exact) mass is 472 g/mol. The van der Waals surface area contributed by atoms with Crippen LogP contribution in [0.4, 0.5) is 0 Å². The number of fused-ring (bicyclic) bond motifs is 3. The topological polar surface area (TPSA) is 160 Å². The number of ketones is 2. The molecular formula is C24H28N2O8. The molecule has 0 fully saturated rings. The number of amides is 1.